The number of likely N-dealkylation sites (tertiary alicyclic amines) is 1. The first-order valence-corrected chi connectivity index (χ1v) is 12.1. The lowest BCUT2D eigenvalue weighted by atomic mass is 9.83. The minimum atomic E-state index is -0.477. The molecule has 1 N–H and O–H groups in total. The van der Waals surface area contributed by atoms with E-state index in [1.807, 2.05) is 28.8 Å². The Kier molecular flexibility index (Phi) is 5.54. The molecule has 0 spiro atoms. The van der Waals surface area contributed by atoms with Gasteiger partial charge in [0, 0.05) is 19.0 Å². The maximum Gasteiger partial charge on any atom is 0.326 e. The van der Waals surface area contributed by atoms with Gasteiger partial charge in [-0.15, -0.1) is 0 Å². The van der Waals surface area contributed by atoms with E-state index in [1.54, 1.807) is 12.1 Å². The number of rotatable bonds is 3. The van der Waals surface area contributed by atoms with Crippen LogP contribution in [0.1, 0.15) is 36.1 Å². The molecule has 6 rings (SSSR count). The number of aromatic nitrogens is 2. The second-order valence-electron chi connectivity index (χ2n) is 9.53. The quantitative estimate of drug-likeness (QED) is 0.566. The number of nitrogens with zero attached hydrogens (tertiary/aromatic N) is 2. The molecule has 3 heterocycles. The first-order valence-electron chi connectivity index (χ1n) is 12.1. The van der Waals surface area contributed by atoms with Crippen molar-refractivity contribution in [2.45, 2.75) is 32.1 Å². The Labute approximate surface area is 202 Å². The average Bonchev–Trinajstić information content (AvgIpc) is 3.40. The van der Waals surface area contributed by atoms with Crippen LogP contribution < -0.4 is 5.69 Å². The normalized spacial score (nSPS) is 25.5. The summed E-state index contributed by atoms with van der Waals surface area (Å²) >= 11 is 0. The minimum Gasteiger partial charge on any atom is -0.368 e. The molecule has 3 atom stereocenters. The molecule has 180 valence electrons. The van der Waals surface area contributed by atoms with Gasteiger partial charge in [0.2, 0.25) is 0 Å². The molecule has 0 amide bonds. The molecular formula is C28H27F2N3O2. The SMILES string of the molecule is CCN1CC[C@@H](n2c(=O)[nH]c3cc(/C=C4\c5ccc(F)cc5COC5C=C(F)C=CC45)ccc32)C1. The van der Waals surface area contributed by atoms with Gasteiger partial charge >= 0.3 is 5.69 Å². The Morgan fingerprint density at radius 3 is 2.91 bits per heavy atom. The summed E-state index contributed by atoms with van der Waals surface area (Å²) in [5.74, 6) is -0.876. The molecule has 5 nitrogen and oxygen atoms in total. The van der Waals surface area contributed by atoms with Crippen LogP contribution in [-0.4, -0.2) is 40.2 Å². The summed E-state index contributed by atoms with van der Waals surface area (Å²) in [6, 6.07) is 10.8. The van der Waals surface area contributed by atoms with E-state index >= 15 is 0 Å². The zero-order chi connectivity index (χ0) is 24.1. The van der Waals surface area contributed by atoms with Crippen molar-refractivity contribution in [3.05, 3.63) is 93.4 Å². The molecule has 0 saturated carbocycles. The number of allylic oxidation sites excluding steroid dienone is 2. The van der Waals surface area contributed by atoms with Gasteiger partial charge in [0.1, 0.15) is 11.6 Å². The molecule has 1 fully saturated rings. The summed E-state index contributed by atoms with van der Waals surface area (Å²) in [5, 5.41) is 0. The topological polar surface area (TPSA) is 50.3 Å². The lowest BCUT2D eigenvalue weighted by Gasteiger charge is -2.24. The lowest BCUT2D eigenvalue weighted by Crippen LogP contribution is -2.26. The van der Waals surface area contributed by atoms with Crippen molar-refractivity contribution in [2.24, 2.45) is 5.92 Å². The van der Waals surface area contributed by atoms with Crippen molar-refractivity contribution >= 4 is 22.7 Å². The zero-order valence-electron chi connectivity index (χ0n) is 19.5. The van der Waals surface area contributed by atoms with Gasteiger partial charge in [0.15, 0.2) is 0 Å². The van der Waals surface area contributed by atoms with Gasteiger partial charge in [-0.3, -0.25) is 4.57 Å². The van der Waals surface area contributed by atoms with E-state index in [2.05, 4.69) is 16.8 Å². The van der Waals surface area contributed by atoms with Gasteiger partial charge in [-0.05, 0) is 71.6 Å². The number of hydrogen-bond donors (Lipinski definition) is 1. The molecule has 2 aromatic carbocycles. The van der Waals surface area contributed by atoms with Crippen LogP contribution in [0.25, 0.3) is 22.7 Å². The Morgan fingerprint density at radius 1 is 1.20 bits per heavy atom. The van der Waals surface area contributed by atoms with Gasteiger partial charge < -0.3 is 14.6 Å². The van der Waals surface area contributed by atoms with Crippen molar-refractivity contribution in [2.75, 3.05) is 19.6 Å². The van der Waals surface area contributed by atoms with Crippen molar-refractivity contribution in [3.8, 4) is 0 Å². The first-order chi connectivity index (χ1) is 17.0. The number of hydrogen-bond acceptors (Lipinski definition) is 3. The summed E-state index contributed by atoms with van der Waals surface area (Å²) in [5.41, 5.74) is 5.04. The number of aromatic amines is 1. The lowest BCUT2D eigenvalue weighted by molar-refractivity contribution is 0.0599. The standard InChI is InChI=1S/C28H27F2N3O2/c1-2-32-10-9-21(15-32)33-26-8-3-17(12-25(26)31-28(33)34)11-24-22-6-4-19(29)13-18(22)16-35-27-14-20(30)5-7-23(24)27/h3-8,11-14,21,23,27H,2,9-10,15-16H2,1H3,(H,31,34)/b24-11+/t21-,23?,27?/m1/s1. The highest BCUT2D eigenvalue weighted by Crippen LogP contribution is 2.39. The van der Waals surface area contributed by atoms with E-state index in [1.165, 1.54) is 24.3 Å². The predicted molar refractivity (Wildman–Crippen MR) is 133 cm³/mol. The molecule has 1 saturated heterocycles. The van der Waals surface area contributed by atoms with Crippen LogP contribution in [-0.2, 0) is 11.3 Å². The van der Waals surface area contributed by atoms with Gasteiger partial charge in [0.05, 0.1) is 29.8 Å². The Balaban J connectivity index is 1.43. The summed E-state index contributed by atoms with van der Waals surface area (Å²) in [6.07, 6.45) is 7.25. The fourth-order valence-corrected chi connectivity index (χ4v) is 5.65. The Morgan fingerprint density at radius 2 is 2.09 bits per heavy atom. The van der Waals surface area contributed by atoms with Gasteiger partial charge in [0.25, 0.3) is 0 Å². The van der Waals surface area contributed by atoms with E-state index in [-0.39, 0.29) is 35.9 Å². The number of H-pyrrole nitrogens is 1. The van der Waals surface area contributed by atoms with Crippen LogP contribution in [0.2, 0.25) is 0 Å². The third-order valence-corrected chi connectivity index (χ3v) is 7.43. The minimum absolute atomic E-state index is 0.0904. The smallest absolute Gasteiger partial charge is 0.326 e. The zero-order valence-corrected chi connectivity index (χ0v) is 19.5. The summed E-state index contributed by atoms with van der Waals surface area (Å²) in [6.45, 7) is 5.20. The van der Waals surface area contributed by atoms with E-state index in [9.17, 15) is 13.6 Å². The number of fused-ring (bicyclic) bond motifs is 3. The Hall–Kier alpha value is -3.29. The van der Waals surface area contributed by atoms with Crippen molar-refractivity contribution in [1.29, 1.82) is 0 Å². The molecule has 1 aromatic heterocycles. The second-order valence-corrected chi connectivity index (χ2v) is 9.53. The van der Waals surface area contributed by atoms with Gasteiger partial charge in [-0.1, -0.05) is 31.2 Å². The van der Waals surface area contributed by atoms with Crippen LogP contribution in [0.4, 0.5) is 8.78 Å². The molecular weight excluding hydrogens is 448 g/mol. The maximum absolute atomic E-state index is 14.0. The summed E-state index contributed by atoms with van der Waals surface area (Å²) < 4.78 is 35.8. The van der Waals surface area contributed by atoms with Crippen molar-refractivity contribution in [3.63, 3.8) is 0 Å². The number of imidazole rings is 1. The highest BCUT2D eigenvalue weighted by Gasteiger charge is 2.31. The van der Waals surface area contributed by atoms with Crippen LogP contribution in [0.5, 0.6) is 0 Å². The monoisotopic (exact) mass is 475 g/mol. The average molecular weight is 476 g/mol. The molecule has 2 aliphatic heterocycles. The van der Waals surface area contributed by atoms with Gasteiger partial charge in [-0.2, -0.15) is 0 Å². The van der Waals surface area contributed by atoms with E-state index in [4.69, 9.17) is 4.74 Å². The molecule has 0 bridgehead atoms. The molecule has 35 heavy (non-hydrogen) atoms. The largest absolute Gasteiger partial charge is 0.368 e. The third kappa shape index (κ3) is 3.98. The maximum atomic E-state index is 14.0. The summed E-state index contributed by atoms with van der Waals surface area (Å²) in [4.78, 5) is 18.2. The number of halogens is 2. The van der Waals surface area contributed by atoms with Crippen molar-refractivity contribution < 1.29 is 13.5 Å². The molecule has 3 aromatic rings. The molecule has 1 aliphatic carbocycles. The number of ether oxygens (including phenoxy) is 1. The first kappa shape index (κ1) is 22.2. The molecule has 3 aliphatic rings. The molecule has 0 radical (unpaired) electrons. The number of likely N-dealkylation sites (N-methyl/N-ethyl adjacent to an activating group) is 1. The predicted octanol–water partition coefficient (Wildman–Crippen LogP) is 5.21. The van der Waals surface area contributed by atoms with E-state index in [0.717, 1.165) is 59.4 Å². The van der Waals surface area contributed by atoms with Crippen LogP contribution in [0, 0.1) is 11.7 Å². The Bertz CT molecular complexity index is 1450. The van der Waals surface area contributed by atoms with E-state index in [0.29, 0.717) is 0 Å². The van der Waals surface area contributed by atoms with Crippen LogP contribution in [0.15, 0.2) is 65.2 Å². The van der Waals surface area contributed by atoms with Gasteiger partial charge in [-0.25, -0.2) is 13.6 Å². The van der Waals surface area contributed by atoms with Crippen LogP contribution in [0.3, 0.4) is 0 Å². The fourth-order valence-electron chi connectivity index (χ4n) is 5.65. The second kappa shape index (κ2) is 8.73. The number of nitrogens with one attached hydrogen (secondary N) is 1. The van der Waals surface area contributed by atoms with E-state index < -0.39 is 6.10 Å². The summed E-state index contributed by atoms with van der Waals surface area (Å²) in [7, 11) is 0. The highest BCUT2D eigenvalue weighted by molar-refractivity contribution is 5.88. The van der Waals surface area contributed by atoms with Crippen molar-refractivity contribution in [1.82, 2.24) is 14.5 Å². The highest BCUT2D eigenvalue weighted by atomic mass is 19.1. The third-order valence-electron chi connectivity index (χ3n) is 7.43. The molecule has 2 unspecified atom stereocenters. The van der Waals surface area contributed by atoms with Crippen LogP contribution >= 0.6 is 0 Å². The molecule has 7 heteroatoms. The number of benzene rings is 2. The fraction of sp³-hybridized carbons (Fsp3) is 0.321.